The monoisotopic (exact) mass is 311 g/mol. The van der Waals surface area contributed by atoms with Crippen molar-refractivity contribution in [3.05, 3.63) is 24.3 Å². The van der Waals surface area contributed by atoms with E-state index in [0.29, 0.717) is 38.3 Å². The van der Waals surface area contributed by atoms with Crippen LogP contribution < -0.4 is 4.74 Å². The van der Waals surface area contributed by atoms with Crippen LogP contribution in [0.5, 0.6) is 5.75 Å². The minimum atomic E-state index is -3.47. The number of sulfonamides is 1. The van der Waals surface area contributed by atoms with E-state index in [2.05, 4.69) is 0 Å². The fourth-order valence-corrected chi connectivity index (χ4v) is 3.80. The predicted octanol–water partition coefficient (Wildman–Crippen LogP) is 2.08. The lowest BCUT2D eigenvalue weighted by molar-refractivity contribution is -0.112. The van der Waals surface area contributed by atoms with E-state index in [0.717, 1.165) is 12.7 Å². The molecule has 1 heterocycles. The van der Waals surface area contributed by atoms with Gasteiger partial charge in [0.15, 0.2) is 0 Å². The van der Waals surface area contributed by atoms with E-state index in [9.17, 15) is 13.2 Å². The molecule has 1 aromatic carbocycles. The van der Waals surface area contributed by atoms with Crippen molar-refractivity contribution in [2.75, 3.05) is 19.7 Å². The third-order valence-electron chi connectivity index (χ3n) is 3.63. The summed E-state index contributed by atoms with van der Waals surface area (Å²) in [5.41, 5.74) is 0. The number of hydrogen-bond acceptors (Lipinski definition) is 4. The highest BCUT2D eigenvalue weighted by Crippen LogP contribution is 2.24. The largest absolute Gasteiger partial charge is 0.494 e. The summed E-state index contributed by atoms with van der Waals surface area (Å²) in [6, 6.07) is 6.51. The summed E-state index contributed by atoms with van der Waals surface area (Å²) in [4.78, 5) is 11.0. The molecule has 2 rings (SSSR count). The van der Waals surface area contributed by atoms with Crippen LogP contribution in [-0.4, -0.2) is 38.7 Å². The first-order valence-corrected chi connectivity index (χ1v) is 8.70. The number of carbonyl (C=O) groups excluding carboxylic acids is 1. The fourth-order valence-electron chi connectivity index (χ4n) is 2.33. The molecule has 0 N–H and O–H groups in total. The van der Waals surface area contributed by atoms with Gasteiger partial charge in [-0.25, -0.2) is 8.42 Å². The van der Waals surface area contributed by atoms with Gasteiger partial charge in [0, 0.05) is 19.0 Å². The molecule has 5 nitrogen and oxygen atoms in total. The number of nitrogens with zero attached hydrogens (tertiary/aromatic N) is 1. The lowest BCUT2D eigenvalue weighted by atomic mass is 10.0. The Hall–Kier alpha value is -1.40. The number of aldehydes is 1. The third kappa shape index (κ3) is 3.83. The van der Waals surface area contributed by atoms with Crippen LogP contribution in [0.15, 0.2) is 29.2 Å². The molecule has 1 saturated heterocycles. The van der Waals surface area contributed by atoms with Gasteiger partial charge >= 0.3 is 0 Å². The van der Waals surface area contributed by atoms with Crippen LogP contribution in [-0.2, 0) is 14.8 Å². The summed E-state index contributed by atoms with van der Waals surface area (Å²) >= 11 is 0. The summed E-state index contributed by atoms with van der Waals surface area (Å²) in [6.07, 6.45) is 3.02. The zero-order chi connectivity index (χ0) is 15.3. The summed E-state index contributed by atoms with van der Waals surface area (Å²) in [6.45, 7) is 3.44. The van der Waals surface area contributed by atoms with E-state index in [-0.39, 0.29) is 10.8 Å². The molecule has 1 aromatic rings. The maximum atomic E-state index is 12.5. The van der Waals surface area contributed by atoms with Crippen LogP contribution in [0.3, 0.4) is 0 Å². The smallest absolute Gasteiger partial charge is 0.243 e. The molecule has 0 unspecified atom stereocenters. The zero-order valence-corrected chi connectivity index (χ0v) is 13.0. The first-order chi connectivity index (χ1) is 10.1. The van der Waals surface area contributed by atoms with Gasteiger partial charge in [-0.1, -0.05) is 6.92 Å². The number of benzene rings is 1. The molecule has 116 valence electrons. The maximum Gasteiger partial charge on any atom is 0.243 e. The van der Waals surface area contributed by atoms with Gasteiger partial charge in [-0.05, 0) is 43.5 Å². The molecule has 0 saturated carbocycles. The van der Waals surface area contributed by atoms with E-state index >= 15 is 0 Å². The van der Waals surface area contributed by atoms with Crippen molar-refractivity contribution < 1.29 is 17.9 Å². The van der Waals surface area contributed by atoms with Gasteiger partial charge in [0.25, 0.3) is 0 Å². The van der Waals surface area contributed by atoms with E-state index in [1.165, 1.54) is 4.31 Å². The number of hydrogen-bond donors (Lipinski definition) is 0. The Morgan fingerprint density at radius 2 is 1.86 bits per heavy atom. The molecule has 1 aliphatic heterocycles. The van der Waals surface area contributed by atoms with Gasteiger partial charge in [-0.2, -0.15) is 4.31 Å². The van der Waals surface area contributed by atoms with E-state index in [1.54, 1.807) is 24.3 Å². The maximum absolute atomic E-state index is 12.5. The molecule has 0 atom stereocenters. The molecule has 0 bridgehead atoms. The van der Waals surface area contributed by atoms with Crippen LogP contribution in [0.25, 0.3) is 0 Å². The van der Waals surface area contributed by atoms with E-state index in [4.69, 9.17) is 4.74 Å². The van der Waals surface area contributed by atoms with Gasteiger partial charge in [-0.15, -0.1) is 0 Å². The Balaban J connectivity index is 2.07. The first kappa shape index (κ1) is 16.0. The number of carbonyl (C=O) groups is 1. The van der Waals surface area contributed by atoms with Crippen LogP contribution in [0.4, 0.5) is 0 Å². The number of rotatable bonds is 6. The average Bonchev–Trinajstić information content (AvgIpc) is 2.53. The summed E-state index contributed by atoms with van der Waals surface area (Å²) in [7, 11) is -3.47. The Morgan fingerprint density at radius 3 is 2.38 bits per heavy atom. The van der Waals surface area contributed by atoms with Crippen LogP contribution in [0.1, 0.15) is 26.2 Å². The van der Waals surface area contributed by atoms with Gasteiger partial charge in [0.2, 0.25) is 10.0 Å². The zero-order valence-electron chi connectivity index (χ0n) is 12.2. The SMILES string of the molecule is CCCOc1ccc(S(=O)(=O)N2CCC(C=O)CC2)cc1. The topological polar surface area (TPSA) is 63.7 Å². The van der Waals surface area contributed by atoms with Crippen molar-refractivity contribution in [3.8, 4) is 5.75 Å². The summed E-state index contributed by atoms with van der Waals surface area (Å²) in [5.74, 6) is 0.664. The molecule has 21 heavy (non-hydrogen) atoms. The highest BCUT2D eigenvalue weighted by Gasteiger charge is 2.29. The fraction of sp³-hybridized carbons (Fsp3) is 0.533. The Bertz CT molecular complexity index is 560. The predicted molar refractivity (Wildman–Crippen MR) is 79.8 cm³/mol. The molecule has 0 aliphatic carbocycles. The number of ether oxygens (including phenoxy) is 1. The summed E-state index contributed by atoms with van der Waals surface area (Å²) < 4.78 is 31.9. The normalized spacial score (nSPS) is 17.6. The highest BCUT2D eigenvalue weighted by atomic mass is 32.2. The molecular formula is C15H21NO4S. The standard InChI is InChI=1S/C15H21NO4S/c1-2-11-20-14-3-5-15(6-4-14)21(18,19)16-9-7-13(12-17)8-10-16/h3-6,12-13H,2,7-11H2,1H3. The van der Waals surface area contributed by atoms with E-state index in [1.807, 2.05) is 6.92 Å². The van der Waals surface area contributed by atoms with Gasteiger partial charge < -0.3 is 9.53 Å². The minimum absolute atomic E-state index is 0.0127. The Labute approximate surface area is 126 Å². The molecule has 0 aromatic heterocycles. The Kier molecular flexibility index (Phi) is 5.36. The first-order valence-electron chi connectivity index (χ1n) is 7.26. The molecule has 0 radical (unpaired) electrons. The van der Waals surface area contributed by atoms with Crippen LogP contribution in [0, 0.1) is 5.92 Å². The van der Waals surface area contributed by atoms with Crippen LogP contribution >= 0.6 is 0 Å². The molecule has 1 fully saturated rings. The number of piperidine rings is 1. The molecule has 1 aliphatic rings. The van der Waals surface area contributed by atoms with Gasteiger partial charge in [0.1, 0.15) is 12.0 Å². The molecule has 6 heteroatoms. The van der Waals surface area contributed by atoms with Crippen LogP contribution in [0.2, 0.25) is 0 Å². The van der Waals surface area contributed by atoms with Crippen molar-refractivity contribution in [2.24, 2.45) is 5.92 Å². The average molecular weight is 311 g/mol. The van der Waals surface area contributed by atoms with Crippen molar-refractivity contribution in [1.29, 1.82) is 0 Å². The Morgan fingerprint density at radius 1 is 1.24 bits per heavy atom. The lowest BCUT2D eigenvalue weighted by Gasteiger charge is -2.28. The van der Waals surface area contributed by atoms with Crippen molar-refractivity contribution in [3.63, 3.8) is 0 Å². The second kappa shape index (κ2) is 7.04. The second-order valence-corrected chi connectivity index (χ2v) is 7.14. The molecule has 0 spiro atoms. The highest BCUT2D eigenvalue weighted by molar-refractivity contribution is 7.89. The minimum Gasteiger partial charge on any atom is -0.494 e. The van der Waals surface area contributed by atoms with Gasteiger partial charge in [0.05, 0.1) is 11.5 Å². The molecular weight excluding hydrogens is 290 g/mol. The lowest BCUT2D eigenvalue weighted by Crippen LogP contribution is -2.38. The van der Waals surface area contributed by atoms with Crippen molar-refractivity contribution in [1.82, 2.24) is 4.31 Å². The van der Waals surface area contributed by atoms with Crippen molar-refractivity contribution >= 4 is 16.3 Å². The van der Waals surface area contributed by atoms with E-state index < -0.39 is 10.0 Å². The van der Waals surface area contributed by atoms with Gasteiger partial charge in [-0.3, -0.25) is 0 Å². The third-order valence-corrected chi connectivity index (χ3v) is 5.54. The second-order valence-electron chi connectivity index (χ2n) is 5.20. The summed E-state index contributed by atoms with van der Waals surface area (Å²) in [5, 5.41) is 0. The quantitative estimate of drug-likeness (QED) is 0.755. The van der Waals surface area contributed by atoms with Crippen molar-refractivity contribution in [2.45, 2.75) is 31.1 Å². The molecule has 0 amide bonds.